The van der Waals surface area contributed by atoms with E-state index in [0.29, 0.717) is 0 Å². The Hall–Kier alpha value is -0.930. The van der Waals surface area contributed by atoms with Gasteiger partial charge in [-0.2, -0.15) is 0 Å². The summed E-state index contributed by atoms with van der Waals surface area (Å²) in [5.41, 5.74) is 7.07. The summed E-state index contributed by atoms with van der Waals surface area (Å²) in [6, 6.07) is 6.44. The van der Waals surface area contributed by atoms with Gasteiger partial charge in [-0.05, 0) is 36.5 Å². The highest BCUT2D eigenvalue weighted by Gasteiger charge is 2.23. The van der Waals surface area contributed by atoms with Gasteiger partial charge in [-0.25, -0.2) is 4.39 Å². The fourth-order valence-electron chi connectivity index (χ4n) is 2.10. The number of hydrogen-bond acceptors (Lipinski definition) is 2. The average molecular weight is 251 g/mol. The molecule has 1 aromatic carbocycles. The minimum Gasteiger partial charge on any atom is -0.372 e. The highest BCUT2D eigenvalue weighted by Crippen LogP contribution is 2.33. The first-order valence-electron chi connectivity index (χ1n) is 6.83. The molecule has 2 unspecified atom stereocenters. The molecule has 1 fully saturated rings. The quantitative estimate of drug-likeness (QED) is 0.806. The summed E-state index contributed by atoms with van der Waals surface area (Å²) in [4.78, 5) is 0. The van der Waals surface area contributed by atoms with Crippen molar-refractivity contribution in [3.63, 3.8) is 0 Å². The minimum atomic E-state index is -0.222. The van der Waals surface area contributed by atoms with E-state index in [0.717, 1.165) is 30.9 Å². The van der Waals surface area contributed by atoms with Crippen molar-refractivity contribution in [2.24, 2.45) is 11.7 Å². The largest absolute Gasteiger partial charge is 0.372 e. The molecule has 0 radical (unpaired) electrons. The van der Waals surface area contributed by atoms with Gasteiger partial charge in [0, 0.05) is 12.6 Å². The molecule has 1 aromatic rings. The first kappa shape index (κ1) is 13.5. The first-order chi connectivity index (χ1) is 8.70. The van der Waals surface area contributed by atoms with Crippen LogP contribution in [0.3, 0.4) is 0 Å². The van der Waals surface area contributed by atoms with Gasteiger partial charge in [-0.3, -0.25) is 0 Å². The second-order valence-electron chi connectivity index (χ2n) is 5.15. The molecular weight excluding hydrogens is 229 g/mol. The van der Waals surface area contributed by atoms with Crippen molar-refractivity contribution in [3.05, 3.63) is 35.6 Å². The summed E-state index contributed by atoms with van der Waals surface area (Å²) in [7, 11) is 0. The van der Waals surface area contributed by atoms with Crippen molar-refractivity contribution in [2.45, 2.75) is 44.8 Å². The van der Waals surface area contributed by atoms with Crippen LogP contribution >= 0.6 is 0 Å². The Bertz CT molecular complexity index is 361. The van der Waals surface area contributed by atoms with Crippen molar-refractivity contribution >= 4 is 0 Å². The SMILES string of the molecule is CCC(N)C(OCCC1CC1)c1ccc(F)cc1. The third-order valence-corrected chi connectivity index (χ3v) is 3.58. The van der Waals surface area contributed by atoms with Crippen LogP contribution in [0.5, 0.6) is 0 Å². The standard InChI is InChI=1S/C15H22FNO/c1-2-14(17)15(18-10-9-11-3-4-11)12-5-7-13(16)8-6-12/h5-8,11,14-15H,2-4,9-10,17H2,1H3. The number of hydrogen-bond donors (Lipinski definition) is 1. The maximum atomic E-state index is 12.9. The third-order valence-electron chi connectivity index (χ3n) is 3.58. The molecule has 0 spiro atoms. The Balaban J connectivity index is 1.96. The summed E-state index contributed by atoms with van der Waals surface area (Å²) in [5.74, 6) is 0.636. The van der Waals surface area contributed by atoms with Gasteiger partial charge in [0.25, 0.3) is 0 Å². The lowest BCUT2D eigenvalue weighted by Gasteiger charge is -2.24. The monoisotopic (exact) mass is 251 g/mol. The molecule has 1 saturated carbocycles. The first-order valence-corrected chi connectivity index (χ1v) is 6.83. The lowest BCUT2D eigenvalue weighted by atomic mass is 10.0. The summed E-state index contributed by atoms with van der Waals surface area (Å²) in [6.07, 6.45) is 4.53. The van der Waals surface area contributed by atoms with Gasteiger partial charge in [0.2, 0.25) is 0 Å². The van der Waals surface area contributed by atoms with Crippen molar-refractivity contribution in [1.29, 1.82) is 0 Å². The molecule has 18 heavy (non-hydrogen) atoms. The molecule has 0 saturated heterocycles. The van der Waals surface area contributed by atoms with E-state index in [1.165, 1.54) is 25.0 Å². The van der Waals surface area contributed by atoms with Crippen LogP contribution in [0.2, 0.25) is 0 Å². The number of benzene rings is 1. The number of rotatable bonds is 7. The van der Waals surface area contributed by atoms with Gasteiger partial charge < -0.3 is 10.5 Å². The predicted molar refractivity (Wildman–Crippen MR) is 70.7 cm³/mol. The van der Waals surface area contributed by atoms with Crippen LogP contribution in [0.15, 0.2) is 24.3 Å². The van der Waals surface area contributed by atoms with E-state index in [1.54, 1.807) is 12.1 Å². The zero-order valence-electron chi connectivity index (χ0n) is 10.9. The Morgan fingerprint density at radius 1 is 1.33 bits per heavy atom. The Kier molecular flexibility index (Phi) is 4.72. The summed E-state index contributed by atoms with van der Waals surface area (Å²) in [5, 5.41) is 0. The summed E-state index contributed by atoms with van der Waals surface area (Å²) < 4.78 is 18.9. The second-order valence-corrected chi connectivity index (χ2v) is 5.15. The van der Waals surface area contributed by atoms with Crippen LogP contribution in [0.1, 0.15) is 44.3 Å². The Morgan fingerprint density at radius 2 is 2.00 bits per heavy atom. The molecule has 2 nitrogen and oxygen atoms in total. The lowest BCUT2D eigenvalue weighted by molar-refractivity contribution is 0.0299. The number of halogens is 1. The Labute approximate surface area is 108 Å². The molecular formula is C15H22FNO. The molecule has 0 bridgehead atoms. The third kappa shape index (κ3) is 3.79. The molecule has 3 heteroatoms. The topological polar surface area (TPSA) is 35.2 Å². The molecule has 2 rings (SSSR count). The smallest absolute Gasteiger partial charge is 0.123 e. The minimum absolute atomic E-state index is 0.0327. The second kappa shape index (κ2) is 6.30. The van der Waals surface area contributed by atoms with Gasteiger partial charge >= 0.3 is 0 Å². The molecule has 1 aliphatic carbocycles. The molecule has 1 aliphatic rings. The molecule has 100 valence electrons. The van der Waals surface area contributed by atoms with Gasteiger partial charge in [-0.1, -0.05) is 31.9 Å². The molecule has 0 aromatic heterocycles. The van der Waals surface area contributed by atoms with Crippen molar-refractivity contribution in [1.82, 2.24) is 0 Å². The van der Waals surface area contributed by atoms with Crippen LogP contribution in [0, 0.1) is 11.7 Å². The van der Waals surface area contributed by atoms with E-state index < -0.39 is 0 Å². The highest BCUT2D eigenvalue weighted by atomic mass is 19.1. The zero-order valence-corrected chi connectivity index (χ0v) is 10.9. The molecule has 0 heterocycles. The van der Waals surface area contributed by atoms with Crippen LogP contribution < -0.4 is 5.73 Å². The van der Waals surface area contributed by atoms with E-state index >= 15 is 0 Å². The van der Waals surface area contributed by atoms with Crippen molar-refractivity contribution in [2.75, 3.05) is 6.61 Å². The van der Waals surface area contributed by atoms with E-state index in [-0.39, 0.29) is 18.0 Å². The summed E-state index contributed by atoms with van der Waals surface area (Å²) in [6.45, 7) is 2.80. The average Bonchev–Trinajstić information content (AvgIpc) is 3.19. The van der Waals surface area contributed by atoms with E-state index in [2.05, 4.69) is 0 Å². The zero-order chi connectivity index (χ0) is 13.0. The van der Waals surface area contributed by atoms with Crippen molar-refractivity contribution in [3.8, 4) is 0 Å². The van der Waals surface area contributed by atoms with Gasteiger partial charge in [0.05, 0.1) is 6.10 Å². The Morgan fingerprint density at radius 3 is 2.56 bits per heavy atom. The molecule has 0 amide bonds. The molecule has 2 atom stereocenters. The van der Waals surface area contributed by atoms with Crippen LogP contribution in [-0.4, -0.2) is 12.6 Å². The van der Waals surface area contributed by atoms with E-state index in [9.17, 15) is 4.39 Å². The maximum absolute atomic E-state index is 12.9. The van der Waals surface area contributed by atoms with Gasteiger partial charge in [-0.15, -0.1) is 0 Å². The van der Waals surface area contributed by atoms with Gasteiger partial charge in [0.15, 0.2) is 0 Å². The van der Waals surface area contributed by atoms with Gasteiger partial charge in [0.1, 0.15) is 5.82 Å². The molecule has 2 N–H and O–H groups in total. The fraction of sp³-hybridized carbons (Fsp3) is 0.600. The molecule has 0 aliphatic heterocycles. The number of nitrogens with two attached hydrogens (primary N) is 1. The van der Waals surface area contributed by atoms with Crippen LogP contribution in [-0.2, 0) is 4.74 Å². The normalized spacial score (nSPS) is 18.6. The summed E-state index contributed by atoms with van der Waals surface area (Å²) >= 11 is 0. The van der Waals surface area contributed by atoms with E-state index in [4.69, 9.17) is 10.5 Å². The fourth-order valence-corrected chi connectivity index (χ4v) is 2.10. The van der Waals surface area contributed by atoms with Crippen LogP contribution in [0.25, 0.3) is 0 Å². The number of ether oxygens (including phenoxy) is 1. The van der Waals surface area contributed by atoms with Crippen LogP contribution in [0.4, 0.5) is 4.39 Å². The predicted octanol–water partition coefficient (Wildman–Crippen LogP) is 3.42. The highest BCUT2D eigenvalue weighted by molar-refractivity contribution is 5.20. The lowest BCUT2D eigenvalue weighted by Crippen LogP contribution is -2.30. The van der Waals surface area contributed by atoms with E-state index in [1.807, 2.05) is 6.92 Å². The maximum Gasteiger partial charge on any atom is 0.123 e. The van der Waals surface area contributed by atoms with Crippen molar-refractivity contribution < 1.29 is 9.13 Å².